The number of hydrazone groups is 1. The number of aromatic hydroxyl groups is 1. The Morgan fingerprint density at radius 1 is 1.26 bits per heavy atom. The molecule has 2 rings (SSSR count). The number of nitrogens with zero attached hydrogens (tertiary/aromatic N) is 4. The Kier molecular flexibility index (Phi) is 4.44. The lowest BCUT2D eigenvalue weighted by Crippen LogP contribution is -2.37. The fourth-order valence-electron chi connectivity index (χ4n) is 1.98. The van der Waals surface area contributed by atoms with E-state index in [-0.39, 0.29) is 22.7 Å². The van der Waals surface area contributed by atoms with E-state index in [9.17, 15) is 9.90 Å². The maximum absolute atomic E-state index is 12.4. The second-order valence-corrected chi connectivity index (χ2v) is 4.79. The molecular formula is C16H13N5O2. The summed E-state index contributed by atoms with van der Waals surface area (Å²) in [4.78, 5) is 13.6. The standard InChI is InChI=1S/C16H13N5O2/c1-10-7-14(11(8-17)9-18)21(2)16(23)15(10)20-19-12-3-5-13(22)6-4-12/h3-7,19,22H,1-2H3/b20-15-. The highest BCUT2D eigenvalue weighted by Crippen LogP contribution is 2.21. The summed E-state index contributed by atoms with van der Waals surface area (Å²) in [5.41, 5.74) is 4.18. The fourth-order valence-corrected chi connectivity index (χ4v) is 1.98. The lowest BCUT2D eigenvalue weighted by Gasteiger charge is -2.24. The van der Waals surface area contributed by atoms with Crippen molar-refractivity contribution >= 4 is 17.3 Å². The smallest absolute Gasteiger partial charge is 0.278 e. The van der Waals surface area contributed by atoms with Crippen molar-refractivity contribution in [2.75, 3.05) is 12.5 Å². The van der Waals surface area contributed by atoms with Gasteiger partial charge in [-0.2, -0.15) is 15.6 Å². The van der Waals surface area contributed by atoms with Crippen LogP contribution in [0.15, 0.2) is 52.3 Å². The molecule has 0 unspecified atom stereocenters. The number of benzene rings is 1. The zero-order valence-corrected chi connectivity index (χ0v) is 12.5. The van der Waals surface area contributed by atoms with Crippen LogP contribution in [0, 0.1) is 22.7 Å². The third-order valence-corrected chi connectivity index (χ3v) is 3.24. The average Bonchev–Trinajstić information content (AvgIpc) is 2.54. The van der Waals surface area contributed by atoms with E-state index in [4.69, 9.17) is 10.5 Å². The lowest BCUT2D eigenvalue weighted by molar-refractivity contribution is -0.121. The zero-order chi connectivity index (χ0) is 17.0. The highest BCUT2D eigenvalue weighted by atomic mass is 16.3. The van der Waals surface area contributed by atoms with Crippen LogP contribution in [0.25, 0.3) is 0 Å². The predicted octanol–water partition coefficient (Wildman–Crippen LogP) is 1.88. The minimum Gasteiger partial charge on any atom is -0.508 e. The number of anilines is 1. The number of hydrogen-bond acceptors (Lipinski definition) is 6. The van der Waals surface area contributed by atoms with Crippen LogP contribution in [0.5, 0.6) is 5.75 Å². The largest absolute Gasteiger partial charge is 0.508 e. The van der Waals surface area contributed by atoms with E-state index in [0.29, 0.717) is 11.3 Å². The molecule has 1 aromatic rings. The van der Waals surface area contributed by atoms with Gasteiger partial charge in [0, 0.05) is 7.05 Å². The molecule has 0 aliphatic carbocycles. The molecule has 0 radical (unpaired) electrons. The number of phenolic OH excluding ortho intramolecular Hbond substituents is 1. The first-order valence-corrected chi connectivity index (χ1v) is 6.62. The van der Waals surface area contributed by atoms with Gasteiger partial charge in [-0.15, -0.1) is 0 Å². The first-order valence-electron chi connectivity index (χ1n) is 6.62. The summed E-state index contributed by atoms with van der Waals surface area (Å²) in [6.45, 7) is 1.68. The predicted molar refractivity (Wildman–Crippen MR) is 83.9 cm³/mol. The normalized spacial score (nSPS) is 15.7. The molecule has 0 aromatic heterocycles. The molecule has 0 fully saturated rings. The van der Waals surface area contributed by atoms with Gasteiger partial charge in [-0.25, -0.2) is 0 Å². The minimum absolute atomic E-state index is 0.128. The van der Waals surface area contributed by atoms with Crippen LogP contribution in [0.3, 0.4) is 0 Å². The van der Waals surface area contributed by atoms with Crippen LogP contribution >= 0.6 is 0 Å². The van der Waals surface area contributed by atoms with Crippen molar-refractivity contribution in [1.82, 2.24) is 4.90 Å². The van der Waals surface area contributed by atoms with Gasteiger partial charge in [0.2, 0.25) is 0 Å². The highest BCUT2D eigenvalue weighted by Gasteiger charge is 2.27. The molecule has 1 aromatic carbocycles. The number of hydrogen-bond donors (Lipinski definition) is 2. The molecule has 0 atom stereocenters. The number of amides is 1. The van der Waals surface area contributed by atoms with Crippen LogP contribution in [0.4, 0.5) is 5.69 Å². The van der Waals surface area contributed by atoms with Crippen molar-refractivity contribution in [3.8, 4) is 17.9 Å². The summed E-state index contributed by atoms with van der Waals surface area (Å²) in [5, 5.41) is 31.2. The van der Waals surface area contributed by atoms with Gasteiger partial charge in [0.1, 0.15) is 17.9 Å². The second kappa shape index (κ2) is 6.46. The molecule has 0 spiro atoms. The van der Waals surface area contributed by atoms with Gasteiger partial charge in [0.05, 0.1) is 11.4 Å². The van der Waals surface area contributed by atoms with Crippen LogP contribution in [0.1, 0.15) is 6.92 Å². The summed E-state index contributed by atoms with van der Waals surface area (Å²) in [7, 11) is 1.48. The maximum Gasteiger partial charge on any atom is 0.278 e. The van der Waals surface area contributed by atoms with E-state index in [1.807, 2.05) is 0 Å². The van der Waals surface area contributed by atoms with Crippen LogP contribution in [-0.2, 0) is 4.79 Å². The van der Waals surface area contributed by atoms with Crippen molar-refractivity contribution in [2.24, 2.45) is 5.10 Å². The molecule has 1 heterocycles. The van der Waals surface area contributed by atoms with E-state index in [2.05, 4.69) is 10.5 Å². The maximum atomic E-state index is 12.4. The molecule has 0 bridgehead atoms. The topological polar surface area (TPSA) is 113 Å². The molecule has 7 nitrogen and oxygen atoms in total. The molecule has 23 heavy (non-hydrogen) atoms. The summed E-state index contributed by atoms with van der Waals surface area (Å²) in [6, 6.07) is 9.76. The van der Waals surface area contributed by atoms with Gasteiger partial charge in [-0.3, -0.25) is 10.2 Å². The first kappa shape index (κ1) is 15.8. The number of rotatable bonds is 2. The van der Waals surface area contributed by atoms with E-state index in [1.165, 1.54) is 24.1 Å². The van der Waals surface area contributed by atoms with Crippen molar-refractivity contribution in [3.05, 3.63) is 47.2 Å². The van der Waals surface area contributed by atoms with Gasteiger partial charge in [-0.05, 0) is 42.8 Å². The third kappa shape index (κ3) is 3.20. The number of carbonyl (C=O) groups excluding carboxylic acids is 1. The van der Waals surface area contributed by atoms with E-state index >= 15 is 0 Å². The third-order valence-electron chi connectivity index (χ3n) is 3.24. The van der Waals surface area contributed by atoms with Crippen LogP contribution in [0.2, 0.25) is 0 Å². The van der Waals surface area contributed by atoms with Gasteiger partial charge in [0.25, 0.3) is 5.91 Å². The molecule has 0 saturated carbocycles. The number of nitrogens with one attached hydrogen (secondary N) is 1. The molecular weight excluding hydrogens is 294 g/mol. The Labute approximate surface area is 133 Å². The number of phenols is 1. The Morgan fingerprint density at radius 3 is 2.43 bits per heavy atom. The number of allylic oxidation sites excluding steroid dienone is 2. The van der Waals surface area contributed by atoms with E-state index in [0.717, 1.165) is 0 Å². The van der Waals surface area contributed by atoms with Crippen molar-refractivity contribution in [2.45, 2.75) is 6.92 Å². The minimum atomic E-state index is -0.422. The molecule has 114 valence electrons. The summed E-state index contributed by atoms with van der Waals surface area (Å²) in [5.74, 6) is -0.294. The van der Waals surface area contributed by atoms with Gasteiger partial charge in [0.15, 0.2) is 11.3 Å². The molecule has 2 N–H and O–H groups in total. The van der Waals surface area contributed by atoms with Crippen LogP contribution in [-0.4, -0.2) is 28.7 Å². The lowest BCUT2D eigenvalue weighted by atomic mass is 10.0. The van der Waals surface area contributed by atoms with Crippen molar-refractivity contribution in [1.29, 1.82) is 10.5 Å². The van der Waals surface area contributed by atoms with Gasteiger partial charge < -0.3 is 10.0 Å². The number of carbonyl (C=O) groups is 1. The Morgan fingerprint density at radius 2 is 1.87 bits per heavy atom. The first-order chi connectivity index (χ1) is 11.0. The summed E-state index contributed by atoms with van der Waals surface area (Å²) in [6.07, 6.45) is 1.57. The molecule has 1 amide bonds. The summed E-state index contributed by atoms with van der Waals surface area (Å²) >= 11 is 0. The monoisotopic (exact) mass is 307 g/mol. The van der Waals surface area contributed by atoms with Crippen LogP contribution < -0.4 is 5.43 Å². The Bertz CT molecular complexity index is 804. The zero-order valence-electron chi connectivity index (χ0n) is 12.5. The van der Waals surface area contributed by atoms with E-state index in [1.54, 1.807) is 37.3 Å². The quantitative estimate of drug-likeness (QED) is 0.492. The highest BCUT2D eigenvalue weighted by molar-refractivity contribution is 6.46. The SMILES string of the molecule is CC1=CC(=C(C#N)C#N)N(C)C(=O)/C1=N\Nc1ccc(O)cc1. The fraction of sp³-hybridized carbons (Fsp3) is 0.125. The molecule has 1 aliphatic rings. The molecule has 1 aliphatic heterocycles. The average molecular weight is 307 g/mol. The van der Waals surface area contributed by atoms with Crippen molar-refractivity contribution < 1.29 is 9.90 Å². The van der Waals surface area contributed by atoms with E-state index < -0.39 is 5.91 Å². The van der Waals surface area contributed by atoms with Crippen molar-refractivity contribution in [3.63, 3.8) is 0 Å². The summed E-state index contributed by atoms with van der Waals surface area (Å²) < 4.78 is 0. The second-order valence-electron chi connectivity index (χ2n) is 4.79. The number of nitriles is 2. The Hall–Kier alpha value is -3.58. The van der Waals surface area contributed by atoms with Gasteiger partial charge in [-0.1, -0.05) is 0 Å². The Balaban J connectivity index is 2.37. The van der Waals surface area contributed by atoms with Gasteiger partial charge >= 0.3 is 0 Å². The molecule has 7 heteroatoms. The molecule has 0 saturated heterocycles. The number of likely N-dealkylation sites (N-methyl/N-ethyl adjacent to an activating group) is 1.